The fourth-order valence-electron chi connectivity index (χ4n) is 7.35. The summed E-state index contributed by atoms with van der Waals surface area (Å²) in [4.78, 5) is 0. The van der Waals surface area contributed by atoms with Gasteiger partial charge in [-0.25, -0.2) is 0 Å². The summed E-state index contributed by atoms with van der Waals surface area (Å²) < 4.78 is 0. The van der Waals surface area contributed by atoms with Crippen LogP contribution in [0.25, 0.3) is 43.8 Å². The van der Waals surface area contributed by atoms with Gasteiger partial charge >= 0.3 is 30.2 Å². The number of hydrogen-bond acceptors (Lipinski definition) is 0. The van der Waals surface area contributed by atoms with Crippen molar-refractivity contribution in [1.29, 1.82) is 0 Å². The molecule has 0 nitrogen and oxygen atoms in total. The minimum absolute atomic E-state index is 0. The average Bonchev–Trinajstić information content (AvgIpc) is 3.59. The Hall–Kier alpha value is -1.79. The molecule has 0 saturated heterocycles. The predicted octanol–water partition coefficient (Wildman–Crippen LogP) is 14.1. The van der Waals surface area contributed by atoms with Crippen LogP contribution in [0.4, 0.5) is 0 Å². The number of benzene rings is 4. The van der Waals surface area contributed by atoms with Crippen molar-refractivity contribution < 1.29 is 23.3 Å². The first-order chi connectivity index (χ1) is 23.2. The van der Waals surface area contributed by atoms with E-state index in [-0.39, 0.29) is 50.5 Å². The van der Waals surface area contributed by atoms with Gasteiger partial charge in [-0.2, -0.15) is 11.1 Å². The molecule has 6 rings (SSSR count). The van der Waals surface area contributed by atoms with Gasteiger partial charge in [-0.05, 0) is 22.0 Å². The van der Waals surface area contributed by atoms with E-state index in [0.717, 1.165) is 0 Å². The van der Waals surface area contributed by atoms with Gasteiger partial charge in [0.2, 0.25) is 0 Å². The minimum atomic E-state index is -1.24. The second-order valence-electron chi connectivity index (χ2n) is 18.1. The molecule has 0 amide bonds. The molecule has 0 heterocycles. The molecule has 0 unspecified atom stereocenters. The second kappa shape index (κ2) is 20.1. The maximum atomic E-state index is 3.06. The molecule has 0 aliphatic carbocycles. The third-order valence-corrected chi connectivity index (χ3v) is 14.2. The average molecular weight is 889 g/mol. The van der Waals surface area contributed by atoms with Crippen LogP contribution in [0.2, 0.25) is 39.3 Å². The molecule has 0 aromatic heterocycles. The van der Waals surface area contributed by atoms with E-state index in [1.54, 1.807) is 0 Å². The van der Waals surface area contributed by atoms with Crippen molar-refractivity contribution in [3.63, 3.8) is 0 Å². The molecule has 0 atom stereocenters. The summed E-state index contributed by atoms with van der Waals surface area (Å²) in [5.74, 6) is 0. The topological polar surface area (TPSA) is 0 Å². The zero-order valence-electron chi connectivity index (χ0n) is 36.1. The summed E-state index contributed by atoms with van der Waals surface area (Å²) in [6.07, 6.45) is 0. The molecule has 0 spiro atoms. The molecule has 292 valence electrons. The van der Waals surface area contributed by atoms with Crippen LogP contribution in [0.5, 0.6) is 0 Å². The van der Waals surface area contributed by atoms with Crippen LogP contribution < -0.4 is 10.4 Å². The van der Waals surface area contributed by atoms with Crippen molar-refractivity contribution >= 4 is 79.8 Å². The van der Waals surface area contributed by atoms with Crippen molar-refractivity contribution in [1.82, 2.24) is 0 Å². The standard InChI is InChI=1S/2C23H29Si.2CH3.2ClH.Si.Zr/c2*1-16-21(23(2,3)4)15-18-9-8-10-20(22(16)18)17-11-13-19(14-12-17)24(5,6)7;;;;;;/h2*8-15H,1-7H3;2*1H3;2*1H;;/q4*-1;;;;. The van der Waals surface area contributed by atoms with Gasteiger partial charge in [0.1, 0.15) is 0 Å². The normalized spacial score (nSPS) is 11.4. The van der Waals surface area contributed by atoms with E-state index in [1.807, 2.05) is 0 Å². The summed E-state index contributed by atoms with van der Waals surface area (Å²) in [6, 6.07) is 36.8. The number of fused-ring (bicyclic) bond motifs is 2. The van der Waals surface area contributed by atoms with Crippen LogP contribution in [-0.2, 0) is 34.2 Å². The molecule has 2 radical (unpaired) electrons. The van der Waals surface area contributed by atoms with Crippen LogP contribution in [-0.4, -0.2) is 23.0 Å². The van der Waals surface area contributed by atoms with Crippen molar-refractivity contribution in [3.05, 3.63) is 134 Å². The molecule has 0 aliphatic rings. The summed E-state index contributed by atoms with van der Waals surface area (Å²) in [7, 11) is -2.49. The van der Waals surface area contributed by atoms with Gasteiger partial charge in [0.25, 0.3) is 0 Å². The van der Waals surface area contributed by atoms with E-state index in [0.29, 0.717) is 0 Å². The maximum absolute atomic E-state index is 3.06. The second-order valence-corrected chi connectivity index (χ2v) is 28.2. The quantitative estimate of drug-likeness (QED) is 0.122. The molecule has 6 aromatic carbocycles. The molecule has 6 aromatic rings. The van der Waals surface area contributed by atoms with Gasteiger partial charge in [-0.3, -0.25) is 0 Å². The predicted molar refractivity (Wildman–Crippen MR) is 256 cm³/mol. The first-order valence-electron chi connectivity index (χ1n) is 18.0. The Morgan fingerprint density at radius 3 is 1.00 bits per heavy atom. The fourth-order valence-corrected chi connectivity index (χ4v) is 9.69. The van der Waals surface area contributed by atoms with E-state index in [2.05, 4.69) is 199 Å². The first kappa shape index (κ1) is 52.2. The summed E-state index contributed by atoms with van der Waals surface area (Å²) >= 11 is 1.36. The monoisotopic (exact) mass is 886 g/mol. The van der Waals surface area contributed by atoms with E-state index in [4.69, 9.17) is 0 Å². The number of aryl methyl sites for hydroxylation is 2. The van der Waals surface area contributed by atoms with Gasteiger partial charge in [0, 0.05) is 0 Å². The Bertz CT molecular complexity index is 1920. The van der Waals surface area contributed by atoms with Gasteiger partial charge in [0.15, 0.2) is 0 Å². The molecule has 0 fully saturated rings. The summed E-state index contributed by atoms with van der Waals surface area (Å²) in [5.41, 5.74) is 11.5. The number of rotatable bonds is 4. The SMILES string of the molecule is Cc1c(C(C)(C)C)[cH-]c2cccc(-c3ccc([Si](C)(C)C)cc3)c12.Cc1c(C(C)(C)C)[cH-]c2cccc(-c3ccc([Si](C)(C)C)cc3)c12.Cl.Cl.[CH3-].[CH3-].[Si]=[Zr]. The molecule has 54 heavy (non-hydrogen) atoms. The molecule has 0 saturated carbocycles. The van der Waals surface area contributed by atoms with Crippen molar-refractivity contribution in [2.24, 2.45) is 0 Å². The molecule has 0 N–H and O–H groups in total. The Kier molecular flexibility index (Phi) is 19.4. The zero-order valence-corrected chi connectivity index (χ0v) is 43.1. The van der Waals surface area contributed by atoms with Gasteiger partial charge in [-0.15, -0.1) is 93.9 Å². The summed E-state index contributed by atoms with van der Waals surface area (Å²) in [5, 5.41) is 8.61. The fraction of sp³-hybridized carbons (Fsp3) is 0.333. The molecule has 0 bridgehead atoms. The van der Waals surface area contributed by atoms with E-state index in [9.17, 15) is 0 Å². The van der Waals surface area contributed by atoms with Gasteiger partial charge in [0.05, 0.1) is 16.1 Å². The van der Waals surface area contributed by atoms with Crippen molar-refractivity contribution in [3.8, 4) is 22.3 Å². The van der Waals surface area contributed by atoms with Crippen molar-refractivity contribution in [2.75, 3.05) is 0 Å². The van der Waals surface area contributed by atoms with E-state index >= 15 is 0 Å². The number of halogens is 2. The number of hydrogen-bond donors (Lipinski definition) is 0. The third-order valence-electron chi connectivity index (χ3n) is 10.1. The van der Waals surface area contributed by atoms with Crippen molar-refractivity contribution in [2.45, 2.75) is 106 Å². The Labute approximate surface area is 362 Å². The Morgan fingerprint density at radius 1 is 0.481 bits per heavy atom. The Balaban J connectivity index is 0.000000929. The zero-order chi connectivity index (χ0) is 37.4. The van der Waals surface area contributed by atoms with Crippen LogP contribution in [0.1, 0.15) is 63.8 Å². The van der Waals surface area contributed by atoms with Crippen LogP contribution in [0.15, 0.2) is 97.1 Å². The molecule has 0 aliphatic heterocycles. The van der Waals surface area contributed by atoms with Crippen LogP contribution in [0.3, 0.4) is 0 Å². The third kappa shape index (κ3) is 11.6. The molecular formula is C48H66Cl2Si3Zr-4. The molecular weight excluding hydrogens is 823 g/mol. The van der Waals surface area contributed by atoms with E-state index < -0.39 is 16.1 Å². The Morgan fingerprint density at radius 2 is 0.759 bits per heavy atom. The van der Waals surface area contributed by atoms with E-state index in [1.165, 1.54) is 99.8 Å². The van der Waals surface area contributed by atoms with Gasteiger partial charge in [-0.1, -0.05) is 177 Å². The summed E-state index contributed by atoms with van der Waals surface area (Å²) in [6.45, 7) is 35.9. The van der Waals surface area contributed by atoms with Gasteiger partial charge < -0.3 is 14.9 Å². The van der Waals surface area contributed by atoms with Crippen LogP contribution >= 0.6 is 24.8 Å². The first-order valence-corrected chi connectivity index (χ1v) is 29.2. The molecule has 6 heteroatoms. The van der Waals surface area contributed by atoms with Crippen LogP contribution in [0, 0.1) is 28.7 Å².